The fraction of sp³-hybridized carbons (Fsp3) is 1.00. The molecule has 0 aliphatic carbocycles. The normalized spacial score (nSPS) is 12.5. The lowest BCUT2D eigenvalue weighted by molar-refractivity contribution is 0.239. The number of hydrogen-bond donors (Lipinski definition) is 0. The van der Waals surface area contributed by atoms with E-state index in [9.17, 15) is 0 Å². The first-order valence-electron chi connectivity index (χ1n) is 3.90. The molecule has 0 heterocycles. The minimum absolute atomic E-state index is 0.474. The first kappa shape index (κ1) is 12.4. The highest BCUT2D eigenvalue weighted by Crippen LogP contribution is 2.20. The molecule has 0 bridgehead atoms. The minimum atomic E-state index is 0.474. The molecule has 0 N–H and O–H groups in total. The van der Waals surface area contributed by atoms with E-state index >= 15 is 0 Å². The van der Waals surface area contributed by atoms with Gasteiger partial charge in [0, 0.05) is 11.0 Å². The van der Waals surface area contributed by atoms with Crippen LogP contribution >= 0.6 is 45.2 Å². The van der Waals surface area contributed by atoms with Crippen molar-refractivity contribution in [1.29, 1.82) is 0 Å². The first-order chi connectivity index (χ1) is 5.05. The molecule has 0 aromatic carbocycles. The van der Waals surface area contributed by atoms with Crippen LogP contribution in [0.25, 0.3) is 0 Å². The highest BCUT2D eigenvalue weighted by molar-refractivity contribution is 14.1. The van der Waals surface area contributed by atoms with Gasteiger partial charge >= 0.3 is 0 Å². The van der Waals surface area contributed by atoms with E-state index in [4.69, 9.17) is 0 Å². The Bertz CT molecular complexity index is 100. The molecular formula is C8H17I2N. The van der Waals surface area contributed by atoms with Gasteiger partial charge in [0.25, 0.3) is 0 Å². The van der Waals surface area contributed by atoms with Gasteiger partial charge in [-0.3, -0.25) is 4.90 Å². The molecule has 0 saturated heterocycles. The van der Waals surface area contributed by atoms with Crippen molar-refractivity contribution in [3.05, 3.63) is 0 Å². The largest absolute Gasteiger partial charge is 0.294 e. The zero-order valence-corrected chi connectivity index (χ0v) is 11.8. The highest BCUT2D eigenvalue weighted by Gasteiger charge is 2.18. The van der Waals surface area contributed by atoms with Crippen LogP contribution in [0.1, 0.15) is 20.8 Å². The summed E-state index contributed by atoms with van der Waals surface area (Å²) in [5, 5.41) is 0. The summed E-state index contributed by atoms with van der Waals surface area (Å²) in [6, 6.07) is 0. The summed E-state index contributed by atoms with van der Waals surface area (Å²) < 4.78 is 2.38. The monoisotopic (exact) mass is 381 g/mol. The molecule has 0 aromatic heterocycles. The first-order valence-corrected chi connectivity index (χ1v) is 6.95. The molecule has 0 fully saturated rings. The van der Waals surface area contributed by atoms with Crippen LogP contribution in [0, 0.1) is 5.41 Å². The van der Waals surface area contributed by atoms with E-state index in [2.05, 4.69) is 70.9 Å². The fourth-order valence-electron chi connectivity index (χ4n) is 0.886. The third kappa shape index (κ3) is 5.63. The van der Waals surface area contributed by atoms with E-state index in [0.717, 1.165) is 4.55 Å². The van der Waals surface area contributed by atoms with Gasteiger partial charge in [0.1, 0.15) is 0 Å². The average Bonchev–Trinajstić information content (AvgIpc) is 2.00. The SMILES string of the molecule is CCN(CI)CC(C)(C)CI. The quantitative estimate of drug-likeness (QED) is 0.402. The molecule has 0 saturated carbocycles. The lowest BCUT2D eigenvalue weighted by Crippen LogP contribution is -2.34. The van der Waals surface area contributed by atoms with Gasteiger partial charge in [-0.1, -0.05) is 66.0 Å². The summed E-state index contributed by atoms with van der Waals surface area (Å²) in [6.45, 7) is 9.27. The van der Waals surface area contributed by atoms with E-state index in [1.54, 1.807) is 0 Å². The van der Waals surface area contributed by atoms with Gasteiger partial charge in [0.2, 0.25) is 0 Å². The standard InChI is InChI=1S/C8H17I2N/c1-4-11(7-10)6-8(2,3)5-9/h4-7H2,1-3H3. The maximum absolute atomic E-state index is 2.47. The average molecular weight is 381 g/mol. The van der Waals surface area contributed by atoms with Gasteiger partial charge in [-0.05, 0) is 12.0 Å². The van der Waals surface area contributed by atoms with Crippen LogP contribution in [0.3, 0.4) is 0 Å². The number of halogens is 2. The van der Waals surface area contributed by atoms with Gasteiger partial charge in [0.15, 0.2) is 0 Å². The van der Waals surface area contributed by atoms with Crippen molar-refractivity contribution < 1.29 is 0 Å². The van der Waals surface area contributed by atoms with E-state index in [0.29, 0.717) is 5.41 Å². The third-order valence-electron chi connectivity index (χ3n) is 1.63. The second-order valence-corrected chi connectivity index (χ2v) is 5.01. The van der Waals surface area contributed by atoms with Crippen LogP contribution in [0.15, 0.2) is 0 Å². The molecule has 68 valence electrons. The minimum Gasteiger partial charge on any atom is -0.294 e. The van der Waals surface area contributed by atoms with Gasteiger partial charge < -0.3 is 0 Å². The second-order valence-electron chi connectivity index (χ2n) is 3.56. The topological polar surface area (TPSA) is 3.24 Å². The van der Waals surface area contributed by atoms with E-state index in [-0.39, 0.29) is 0 Å². The van der Waals surface area contributed by atoms with Gasteiger partial charge in [-0.25, -0.2) is 0 Å². The summed E-state index contributed by atoms with van der Waals surface area (Å²) in [5.41, 5.74) is 0.474. The van der Waals surface area contributed by atoms with Crippen LogP contribution in [0.4, 0.5) is 0 Å². The van der Waals surface area contributed by atoms with Crippen LogP contribution in [-0.2, 0) is 0 Å². The molecule has 0 unspecified atom stereocenters. The maximum Gasteiger partial charge on any atom is 0.0505 e. The number of nitrogens with zero attached hydrogens (tertiary/aromatic N) is 1. The molecule has 0 radical (unpaired) electrons. The van der Waals surface area contributed by atoms with Gasteiger partial charge in [0.05, 0.1) is 4.55 Å². The number of hydrogen-bond acceptors (Lipinski definition) is 1. The van der Waals surface area contributed by atoms with Crippen molar-refractivity contribution in [2.45, 2.75) is 20.8 Å². The predicted molar refractivity (Wildman–Crippen MR) is 68.8 cm³/mol. The number of alkyl halides is 2. The molecule has 3 heteroatoms. The van der Waals surface area contributed by atoms with E-state index in [1.807, 2.05) is 0 Å². The van der Waals surface area contributed by atoms with Crippen LogP contribution in [0.2, 0.25) is 0 Å². The fourth-order valence-corrected chi connectivity index (χ4v) is 1.85. The molecule has 0 amide bonds. The summed E-state index contributed by atoms with van der Waals surface area (Å²) in [6.07, 6.45) is 0. The summed E-state index contributed by atoms with van der Waals surface area (Å²) in [4.78, 5) is 2.47. The molecule has 11 heavy (non-hydrogen) atoms. The molecule has 0 atom stereocenters. The summed E-state index contributed by atoms with van der Waals surface area (Å²) in [7, 11) is 0. The third-order valence-corrected chi connectivity index (χ3v) is 4.66. The van der Waals surface area contributed by atoms with Crippen molar-refractivity contribution in [2.24, 2.45) is 5.41 Å². The van der Waals surface area contributed by atoms with Crippen molar-refractivity contribution in [2.75, 3.05) is 22.1 Å². The Morgan fingerprint density at radius 3 is 2.09 bits per heavy atom. The van der Waals surface area contributed by atoms with Crippen molar-refractivity contribution in [3.63, 3.8) is 0 Å². The predicted octanol–water partition coefficient (Wildman–Crippen LogP) is 3.16. The zero-order valence-electron chi connectivity index (χ0n) is 7.53. The highest BCUT2D eigenvalue weighted by atomic mass is 127. The molecule has 0 aliphatic heterocycles. The molecule has 0 aliphatic rings. The summed E-state index contributed by atoms with van der Waals surface area (Å²) >= 11 is 4.90. The van der Waals surface area contributed by atoms with Crippen molar-refractivity contribution in [3.8, 4) is 0 Å². The van der Waals surface area contributed by atoms with Gasteiger partial charge in [-0.15, -0.1) is 0 Å². The van der Waals surface area contributed by atoms with Crippen LogP contribution in [-0.4, -0.2) is 27.0 Å². The summed E-state index contributed by atoms with van der Waals surface area (Å²) in [5.74, 6) is 0. The van der Waals surface area contributed by atoms with E-state index in [1.165, 1.54) is 17.5 Å². The molecular weight excluding hydrogens is 364 g/mol. The Morgan fingerprint density at radius 1 is 1.27 bits per heavy atom. The second kappa shape index (κ2) is 5.96. The Hall–Kier alpha value is 1.42. The zero-order chi connectivity index (χ0) is 8.91. The molecule has 0 rings (SSSR count). The molecule has 1 nitrogen and oxygen atoms in total. The molecule has 0 spiro atoms. The number of rotatable bonds is 5. The maximum atomic E-state index is 2.47. The Balaban J connectivity index is 3.79. The Kier molecular flexibility index (Phi) is 6.73. The van der Waals surface area contributed by atoms with Crippen LogP contribution < -0.4 is 0 Å². The van der Waals surface area contributed by atoms with Gasteiger partial charge in [-0.2, -0.15) is 0 Å². The van der Waals surface area contributed by atoms with Crippen molar-refractivity contribution in [1.82, 2.24) is 4.90 Å². The Morgan fingerprint density at radius 2 is 1.82 bits per heavy atom. The Labute approximate surface area is 97.6 Å². The van der Waals surface area contributed by atoms with Crippen LogP contribution in [0.5, 0.6) is 0 Å². The van der Waals surface area contributed by atoms with E-state index < -0.39 is 0 Å². The lowest BCUT2D eigenvalue weighted by Gasteiger charge is -2.29. The lowest BCUT2D eigenvalue weighted by atomic mass is 9.96. The smallest absolute Gasteiger partial charge is 0.0505 e. The molecule has 0 aromatic rings. The van der Waals surface area contributed by atoms with Crippen molar-refractivity contribution >= 4 is 45.2 Å².